The fourth-order valence-electron chi connectivity index (χ4n) is 4.70. The number of carbonyl (C=O) groups is 2. The molecule has 39 heavy (non-hydrogen) atoms. The molecule has 1 aliphatic heterocycles. The quantitative estimate of drug-likeness (QED) is 0.302. The molecular weight excluding hydrogens is 490 g/mol. The summed E-state index contributed by atoms with van der Waals surface area (Å²) < 4.78 is 11.5. The molecule has 5 rings (SSSR count). The molecule has 0 unspecified atom stereocenters. The van der Waals surface area contributed by atoms with Crippen molar-refractivity contribution in [3.8, 4) is 5.75 Å². The van der Waals surface area contributed by atoms with Crippen LogP contribution in [-0.2, 0) is 4.74 Å². The Morgan fingerprint density at radius 2 is 1.31 bits per heavy atom. The van der Waals surface area contributed by atoms with E-state index in [2.05, 4.69) is 22.3 Å². The van der Waals surface area contributed by atoms with E-state index in [-0.39, 0.29) is 11.6 Å². The van der Waals surface area contributed by atoms with E-state index < -0.39 is 12.1 Å². The van der Waals surface area contributed by atoms with Crippen LogP contribution in [0.25, 0.3) is 0 Å². The van der Waals surface area contributed by atoms with Crippen molar-refractivity contribution in [2.75, 3.05) is 43.5 Å². The van der Waals surface area contributed by atoms with Crippen molar-refractivity contribution < 1.29 is 19.1 Å². The largest absolute Gasteiger partial charge is 0.480 e. The lowest BCUT2D eigenvalue weighted by molar-refractivity contribution is 0.0594. The highest BCUT2D eigenvalue weighted by Crippen LogP contribution is 2.32. The maximum atomic E-state index is 13.0. The maximum absolute atomic E-state index is 13.0. The third kappa shape index (κ3) is 6.21. The second-order valence-corrected chi connectivity index (χ2v) is 9.26. The lowest BCUT2D eigenvalue weighted by Gasteiger charge is -2.36. The summed E-state index contributed by atoms with van der Waals surface area (Å²) in [7, 11) is 1.33. The van der Waals surface area contributed by atoms with Gasteiger partial charge >= 0.3 is 12.0 Å². The molecule has 7 nitrogen and oxygen atoms in total. The number of rotatable bonds is 7. The van der Waals surface area contributed by atoms with Crippen LogP contribution in [0.1, 0.15) is 27.6 Å². The zero-order valence-corrected chi connectivity index (χ0v) is 21.8. The number of nitrogens with zero attached hydrogens (tertiary/aromatic N) is 2. The van der Waals surface area contributed by atoms with E-state index in [1.54, 1.807) is 23.1 Å². The van der Waals surface area contributed by atoms with E-state index in [1.807, 2.05) is 78.9 Å². The van der Waals surface area contributed by atoms with Crippen LogP contribution < -0.4 is 15.0 Å². The highest BCUT2D eigenvalue weighted by molar-refractivity contribution is 5.96. The van der Waals surface area contributed by atoms with E-state index in [9.17, 15) is 9.59 Å². The summed E-state index contributed by atoms with van der Waals surface area (Å²) in [5.41, 5.74) is 3.79. The van der Waals surface area contributed by atoms with Gasteiger partial charge in [0.2, 0.25) is 0 Å². The first kappa shape index (κ1) is 25.9. The van der Waals surface area contributed by atoms with E-state index in [0.29, 0.717) is 24.5 Å². The summed E-state index contributed by atoms with van der Waals surface area (Å²) in [6.45, 7) is 2.69. The molecule has 1 N–H and O–H groups in total. The molecule has 1 saturated heterocycles. The summed E-state index contributed by atoms with van der Waals surface area (Å²) >= 11 is 0. The minimum Gasteiger partial charge on any atom is -0.480 e. The number of esters is 1. The molecule has 0 radical (unpaired) electrons. The molecule has 0 bridgehead atoms. The number of amides is 2. The fraction of sp³-hybridized carbons (Fsp3) is 0.188. The molecule has 4 aromatic rings. The van der Waals surface area contributed by atoms with Gasteiger partial charge in [-0.25, -0.2) is 9.59 Å². The van der Waals surface area contributed by atoms with Crippen LogP contribution in [0.2, 0.25) is 0 Å². The minimum atomic E-state index is -0.544. The number of anilines is 2. The van der Waals surface area contributed by atoms with Crippen molar-refractivity contribution in [1.29, 1.82) is 0 Å². The van der Waals surface area contributed by atoms with Gasteiger partial charge in [0.15, 0.2) is 0 Å². The Morgan fingerprint density at radius 3 is 1.87 bits per heavy atom. The molecule has 1 heterocycles. The molecule has 0 atom stereocenters. The molecule has 198 valence electrons. The second kappa shape index (κ2) is 12.2. The highest BCUT2D eigenvalue weighted by Gasteiger charge is 2.24. The first-order valence-corrected chi connectivity index (χ1v) is 13.0. The number of carbonyl (C=O) groups excluding carboxylic acids is 2. The smallest absolute Gasteiger partial charge is 0.341 e. The molecule has 4 aromatic carbocycles. The zero-order valence-electron chi connectivity index (χ0n) is 21.8. The van der Waals surface area contributed by atoms with Crippen molar-refractivity contribution in [1.82, 2.24) is 4.90 Å². The molecule has 1 aliphatic rings. The normalized spacial score (nSPS) is 13.2. The third-order valence-corrected chi connectivity index (χ3v) is 6.77. The number of hydrogen-bond donors (Lipinski definition) is 1. The Bertz CT molecular complexity index is 1350. The van der Waals surface area contributed by atoms with Crippen LogP contribution in [-0.4, -0.2) is 50.2 Å². The Kier molecular flexibility index (Phi) is 8.07. The molecule has 2 amide bonds. The van der Waals surface area contributed by atoms with Gasteiger partial charge < -0.3 is 24.6 Å². The van der Waals surface area contributed by atoms with Crippen molar-refractivity contribution in [3.63, 3.8) is 0 Å². The van der Waals surface area contributed by atoms with Gasteiger partial charge in [-0.2, -0.15) is 0 Å². The number of benzene rings is 4. The number of ether oxygens (including phenoxy) is 2. The summed E-state index contributed by atoms with van der Waals surface area (Å²) in [4.78, 5) is 29.9. The van der Waals surface area contributed by atoms with Gasteiger partial charge in [-0.05, 0) is 41.5 Å². The Hall–Kier alpha value is -4.78. The molecule has 0 saturated carbocycles. The lowest BCUT2D eigenvalue weighted by atomic mass is 10.0. The summed E-state index contributed by atoms with van der Waals surface area (Å²) in [5.74, 6) is -0.175. The summed E-state index contributed by atoms with van der Waals surface area (Å²) in [5, 5.41) is 2.93. The predicted octanol–water partition coefficient (Wildman–Crippen LogP) is 6.00. The van der Waals surface area contributed by atoms with Crippen LogP contribution in [0.5, 0.6) is 5.75 Å². The Balaban J connectivity index is 1.32. The Labute approximate surface area is 228 Å². The topological polar surface area (TPSA) is 71.1 Å². The van der Waals surface area contributed by atoms with E-state index >= 15 is 0 Å². The fourth-order valence-corrected chi connectivity index (χ4v) is 4.70. The van der Waals surface area contributed by atoms with Crippen molar-refractivity contribution >= 4 is 23.4 Å². The van der Waals surface area contributed by atoms with Gasteiger partial charge in [0.05, 0.1) is 7.11 Å². The molecule has 1 fully saturated rings. The molecular formula is C32H31N3O4. The molecule has 0 aromatic heterocycles. The van der Waals surface area contributed by atoms with Gasteiger partial charge in [-0.15, -0.1) is 0 Å². The molecule has 0 spiro atoms. The number of urea groups is 1. The van der Waals surface area contributed by atoms with E-state index in [4.69, 9.17) is 9.47 Å². The predicted molar refractivity (Wildman–Crippen MR) is 152 cm³/mol. The van der Waals surface area contributed by atoms with Crippen molar-refractivity contribution in [2.24, 2.45) is 0 Å². The van der Waals surface area contributed by atoms with Gasteiger partial charge in [0.25, 0.3) is 0 Å². The monoisotopic (exact) mass is 521 g/mol. The van der Waals surface area contributed by atoms with Gasteiger partial charge in [0, 0.05) is 37.6 Å². The first-order chi connectivity index (χ1) is 19.1. The SMILES string of the molecule is COC(=O)c1cc(NC(=O)N2CCN(c3ccccc3)CC2)ccc1OC(c1ccccc1)c1ccccc1. The van der Waals surface area contributed by atoms with Crippen LogP contribution in [0.15, 0.2) is 109 Å². The molecule has 7 heteroatoms. The van der Waals surface area contributed by atoms with Crippen LogP contribution in [0.3, 0.4) is 0 Å². The number of piperazine rings is 1. The van der Waals surface area contributed by atoms with Crippen LogP contribution in [0, 0.1) is 0 Å². The standard InChI is InChI=1S/C32H31N3O4/c1-38-31(36)28-23-26(33-32(37)35-21-19-34(20-22-35)27-15-9-4-10-16-27)17-18-29(28)39-30(24-11-5-2-6-12-24)25-13-7-3-8-14-25/h2-18,23,30H,19-22H2,1H3,(H,33,37). The minimum absolute atomic E-state index is 0.210. The highest BCUT2D eigenvalue weighted by atomic mass is 16.5. The van der Waals surface area contributed by atoms with Crippen molar-refractivity contribution in [2.45, 2.75) is 6.10 Å². The molecule has 0 aliphatic carbocycles. The van der Waals surface area contributed by atoms with E-state index in [1.165, 1.54) is 7.11 Å². The van der Waals surface area contributed by atoms with E-state index in [0.717, 1.165) is 29.9 Å². The number of methoxy groups -OCH3 is 1. The zero-order chi connectivity index (χ0) is 27.0. The van der Waals surface area contributed by atoms with Crippen molar-refractivity contribution in [3.05, 3.63) is 126 Å². The second-order valence-electron chi connectivity index (χ2n) is 9.26. The van der Waals surface area contributed by atoms with Gasteiger partial charge in [-0.1, -0.05) is 78.9 Å². The van der Waals surface area contributed by atoms with Gasteiger partial charge in [-0.3, -0.25) is 0 Å². The number of nitrogens with one attached hydrogen (secondary N) is 1. The third-order valence-electron chi connectivity index (χ3n) is 6.77. The van der Waals surface area contributed by atoms with Crippen LogP contribution in [0.4, 0.5) is 16.2 Å². The summed E-state index contributed by atoms with van der Waals surface area (Å²) in [6.07, 6.45) is -0.433. The van der Waals surface area contributed by atoms with Gasteiger partial charge in [0.1, 0.15) is 17.4 Å². The number of para-hydroxylation sites is 1. The lowest BCUT2D eigenvalue weighted by Crippen LogP contribution is -2.50. The average Bonchev–Trinajstić information content (AvgIpc) is 3.01. The van der Waals surface area contributed by atoms with Crippen LogP contribution >= 0.6 is 0 Å². The number of hydrogen-bond acceptors (Lipinski definition) is 5. The summed E-state index contributed by atoms with van der Waals surface area (Å²) in [6, 6.07) is 34.7. The Morgan fingerprint density at radius 1 is 0.744 bits per heavy atom. The maximum Gasteiger partial charge on any atom is 0.341 e. The first-order valence-electron chi connectivity index (χ1n) is 13.0. The average molecular weight is 522 g/mol.